The highest BCUT2D eigenvalue weighted by Gasteiger charge is 2.19. The van der Waals surface area contributed by atoms with E-state index >= 15 is 0 Å². The molecule has 0 spiro atoms. The lowest BCUT2D eigenvalue weighted by molar-refractivity contribution is 0.102. The number of H-pyrrole nitrogens is 1. The lowest BCUT2D eigenvalue weighted by atomic mass is 10.0. The van der Waals surface area contributed by atoms with Crippen LogP contribution in [0.5, 0.6) is 5.75 Å². The van der Waals surface area contributed by atoms with Gasteiger partial charge < -0.3 is 10.1 Å². The largest absolute Gasteiger partial charge is 0.497 e. The van der Waals surface area contributed by atoms with E-state index in [4.69, 9.17) is 4.74 Å². The van der Waals surface area contributed by atoms with E-state index in [9.17, 15) is 9.18 Å². The molecule has 27 heavy (non-hydrogen) atoms. The van der Waals surface area contributed by atoms with Crippen molar-refractivity contribution in [3.05, 3.63) is 65.6 Å². The Bertz CT molecular complexity index is 950. The van der Waals surface area contributed by atoms with Gasteiger partial charge in [-0.3, -0.25) is 9.89 Å². The minimum absolute atomic E-state index is 0.253. The normalized spacial score (nSPS) is 10.9. The minimum Gasteiger partial charge on any atom is -0.497 e. The van der Waals surface area contributed by atoms with Crippen LogP contribution in [0.3, 0.4) is 0 Å². The van der Waals surface area contributed by atoms with Gasteiger partial charge in [0.05, 0.1) is 18.5 Å². The number of hydrogen-bond donors (Lipinski definition) is 2. The van der Waals surface area contributed by atoms with Crippen LogP contribution in [0.4, 0.5) is 10.1 Å². The number of aromatic amines is 1. The van der Waals surface area contributed by atoms with Gasteiger partial charge in [-0.05, 0) is 42.7 Å². The molecule has 5 nitrogen and oxygen atoms in total. The van der Waals surface area contributed by atoms with Crippen LogP contribution in [0.2, 0.25) is 0 Å². The molecule has 0 aliphatic heterocycles. The summed E-state index contributed by atoms with van der Waals surface area (Å²) in [5.74, 6) is 0.229. The number of benzene rings is 2. The topological polar surface area (TPSA) is 67.0 Å². The zero-order valence-electron chi connectivity index (χ0n) is 15.5. The molecule has 0 aliphatic rings. The second-order valence-corrected chi connectivity index (χ2v) is 6.72. The maximum absolute atomic E-state index is 13.5. The van der Waals surface area contributed by atoms with Gasteiger partial charge in [-0.25, -0.2) is 4.39 Å². The standard InChI is InChI=1S/C21H22FN3O2/c1-13(2)10-18-20(23-21(26)15-7-4-8-16(22)11-15)19(25-24-18)14-6-5-9-17(12-14)27-3/h4-9,11-13H,10H2,1-3H3,(H,23,26)(H,24,25). The summed E-state index contributed by atoms with van der Waals surface area (Å²) < 4.78 is 18.8. The van der Waals surface area contributed by atoms with Crippen LogP contribution in [0, 0.1) is 11.7 Å². The number of methoxy groups -OCH3 is 1. The van der Waals surface area contributed by atoms with E-state index < -0.39 is 5.82 Å². The van der Waals surface area contributed by atoms with E-state index in [0.717, 1.165) is 17.7 Å². The number of amides is 1. The Balaban J connectivity index is 2.00. The lowest BCUT2D eigenvalue weighted by Crippen LogP contribution is -2.14. The highest BCUT2D eigenvalue weighted by atomic mass is 19.1. The van der Waals surface area contributed by atoms with Crippen molar-refractivity contribution in [2.75, 3.05) is 12.4 Å². The lowest BCUT2D eigenvalue weighted by Gasteiger charge is -2.11. The van der Waals surface area contributed by atoms with Crippen molar-refractivity contribution in [1.29, 1.82) is 0 Å². The maximum atomic E-state index is 13.5. The Kier molecular flexibility index (Phi) is 5.54. The van der Waals surface area contributed by atoms with Crippen molar-refractivity contribution in [2.45, 2.75) is 20.3 Å². The second-order valence-electron chi connectivity index (χ2n) is 6.72. The fraction of sp³-hybridized carbons (Fsp3) is 0.238. The predicted octanol–water partition coefficient (Wildman–Crippen LogP) is 4.68. The third-order valence-electron chi connectivity index (χ3n) is 4.12. The molecule has 3 aromatic rings. The molecule has 1 amide bonds. The number of aromatic nitrogens is 2. The van der Waals surface area contributed by atoms with Crippen molar-refractivity contribution >= 4 is 11.6 Å². The number of nitrogens with one attached hydrogen (secondary N) is 2. The molecule has 1 aromatic heterocycles. The second kappa shape index (κ2) is 8.03. The summed E-state index contributed by atoms with van der Waals surface area (Å²) in [6, 6.07) is 13.1. The number of ether oxygens (including phenoxy) is 1. The first kappa shape index (κ1) is 18.6. The van der Waals surface area contributed by atoms with Gasteiger partial charge in [-0.1, -0.05) is 32.0 Å². The van der Waals surface area contributed by atoms with E-state index in [2.05, 4.69) is 29.4 Å². The van der Waals surface area contributed by atoms with Crippen LogP contribution >= 0.6 is 0 Å². The van der Waals surface area contributed by atoms with Crippen LogP contribution in [-0.2, 0) is 6.42 Å². The van der Waals surface area contributed by atoms with Gasteiger partial charge in [0, 0.05) is 11.1 Å². The molecule has 0 unspecified atom stereocenters. The summed E-state index contributed by atoms with van der Waals surface area (Å²) in [5.41, 5.74) is 3.12. The molecule has 0 radical (unpaired) electrons. The Morgan fingerprint density at radius 2 is 2.00 bits per heavy atom. The van der Waals surface area contributed by atoms with Gasteiger partial charge in [0.25, 0.3) is 5.91 Å². The Morgan fingerprint density at radius 1 is 1.22 bits per heavy atom. The van der Waals surface area contributed by atoms with Gasteiger partial charge in [0.2, 0.25) is 0 Å². The van der Waals surface area contributed by atoms with Gasteiger partial charge >= 0.3 is 0 Å². The Labute approximate surface area is 157 Å². The summed E-state index contributed by atoms with van der Waals surface area (Å²) in [6.07, 6.45) is 0.718. The van der Waals surface area contributed by atoms with Crippen molar-refractivity contribution < 1.29 is 13.9 Å². The molecule has 0 saturated heterocycles. The summed E-state index contributed by atoms with van der Waals surface area (Å²) in [4.78, 5) is 12.7. The molecule has 140 valence electrons. The molecule has 2 N–H and O–H groups in total. The molecule has 0 saturated carbocycles. The number of hydrogen-bond acceptors (Lipinski definition) is 3. The summed E-state index contributed by atoms with van der Waals surface area (Å²) >= 11 is 0. The third kappa shape index (κ3) is 4.34. The van der Waals surface area contributed by atoms with Gasteiger partial charge in [-0.2, -0.15) is 5.10 Å². The first-order chi connectivity index (χ1) is 13.0. The van der Waals surface area contributed by atoms with E-state index in [-0.39, 0.29) is 11.5 Å². The van der Waals surface area contributed by atoms with Crippen molar-refractivity contribution in [1.82, 2.24) is 10.2 Å². The van der Waals surface area contributed by atoms with Gasteiger partial charge in [0.15, 0.2) is 0 Å². The van der Waals surface area contributed by atoms with Crippen LogP contribution in [0.1, 0.15) is 29.9 Å². The average Bonchev–Trinajstić information content (AvgIpc) is 3.03. The van der Waals surface area contributed by atoms with Gasteiger partial charge in [-0.15, -0.1) is 0 Å². The number of carbonyl (C=O) groups excluding carboxylic acids is 1. The average molecular weight is 367 g/mol. The van der Waals surface area contributed by atoms with Gasteiger partial charge in [0.1, 0.15) is 17.3 Å². The van der Waals surface area contributed by atoms with Crippen LogP contribution in [0.25, 0.3) is 11.3 Å². The van der Waals surface area contributed by atoms with Crippen LogP contribution in [-0.4, -0.2) is 23.2 Å². The molecular weight excluding hydrogens is 345 g/mol. The van der Waals surface area contributed by atoms with E-state index in [1.807, 2.05) is 24.3 Å². The Hall–Kier alpha value is -3.15. The SMILES string of the molecule is COc1cccc(-c2n[nH]c(CC(C)C)c2NC(=O)c2cccc(F)c2)c1. The first-order valence-corrected chi connectivity index (χ1v) is 8.76. The van der Waals surface area contributed by atoms with E-state index in [1.54, 1.807) is 13.2 Å². The summed E-state index contributed by atoms with van der Waals surface area (Å²) in [5, 5.41) is 10.3. The minimum atomic E-state index is -0.453. The van der Waals surface area contributed by atoms with E-state index in [1.165, 1.54) is 18.2 Å². The molecule has 1 heterocycles. The number of rotatable bonds is 6. The van der Waals surface area contributed by atoms with Crippen LogP contribution in [0.15, 0.2) is 48.5 Å². The molecule has 0 bridgehead atoms. The highest BCUT2D eigenvalue weighted by molar-refractivity contribution is 6.06. The maximum Gasteiger partial charge on any atom is 0.255 e. The number of carbonyl (C=O) groups is 1. The monoisotopic (exact) mass is 367 g/mol. The molecule has 0 fully saturated rings. The molecule has 3 rings (SSSR count). The number of halogens is 1. The molecule has 6 heteroatoms. The summed E-state index contributed by atoms with van der Waals surface area (Å²) in [6.45, 7) is 4.18. The highest BCUT2D eigenvalue weighted by Crippen LogP contribution is 2.32. The molecule has 0 atom stereocenters. The zero-order chi connectivity index (χ0) is 19.4. The van der Waals surface area contributed by atoms with Crippen molar-refractivity contribution in [2.24, 2.45) is 5.92 Å². The summed E-state index contributed by atoms with van der Waals surface area (Å²) in [7, 11) is 1.60. The smallest absolute Gasteiger partial charge is 0.255 e. The fourth-order valence-corrected chi connectivity index (χ4v) is 2.86. The quantitative estimate of drug-likeness (QED) is 0.665. The number of nitrogens with zero attached hydrogens (tertiary/aromatic N) is 1. The first-order valence-electron chi connectivity index (χ1n) is 8.76. The fourth-order valence-electron chi connectivity index (χ4n) is 2.86. The molecule has 2 aromatic carbocycles. The zero-order valence-corrected chi connectivity index (χ0v) is 15.5. The van der Waals surface area contributed by atoms with Crippen molar-refractivity contribution in [3.63, 3.8) is 0 Å². The predicted molar refractivity (Wildman–Crippen MR) is 103 cm³/mol. The van der Waals surface area contributed by atoms with E-state index in [0.29, 0.717) is 23.0 Å². The third-order valence-corrected chi connectivity index (χ3v) is 4.12. The number of anilines is 1. The molecular formula is C21H22FN3O2. The Morgan fingerprint density at radius 3 is 2.70 bits per heavy atom. The van der Waals surface area contributed by atoms with Crippen LogP contribution < -0.4 is 10.1 Å². The van der Waals surface area contributed by atoms with Crippen molar-refractivity contribution in [3.8, 4) is 17.0 Å². The molecule has 0 aliphatic carbocycles.